The maximum absolute atomic E-state index is 11.0. The van der Waals surface area contributed by atoms with Gasteiger partial charge in [0.25, 0.3) is 0 Å². The van der Waals surface area contributed by atoms with E-state index in [-0.39, 0.29) is 24.3 Å². The monoisotopic (exact) mass is 398 g/mol. The Morgan fingerprint density at radius 1 is 1.14 bits per heavy atom. The van der Waals surface area contributed by atoms with Crippen molar-refractivity contribution in [2.45, 2.75) is 45.2 Å². The average molecular weight is 399 g/mol. The van der Waals surface area contributed by atoms with Crippen LogP contribution in [0.3, 0.4) is 0 Å². The first kappa shape index (κ1) is 20.4. The van der Waals surface area contributed by atoms with Crippen LogP contribution in [0, 0.1) is 0 Å². The summed E-state index contributed by atoms with van der Waals surface area (Å²) >= 11 is 0. The van der Waals surface area contributed by atoms with E-state index in [9.17, 15) is 5.11 Å². The van der Waals surface area contributed by atoms with Crippen molar-refractivity contribution in [3.63, 3.8) is 0 Å². The second-order valence-corrected chi connectivity index (χ2v) is 7.15. The Bertz CT molecular complexity index is 882. The van der Waals surface area contributed by atoms with E-state index in [2.05, 4.69) is 47.1 Å². The zero-order chi connectivity index (χ0) is 18.6. The van der Waals surface area contributed by atoms with Crippen molar-refractivity contribution < 1.29 is 5.11 Å². The SMILES string of the molecule is CCCN(Cc1ccccc1)C1CCCc2nn(-c3ccccn3)c(O)c21.Cl. The molecule has 1 aliphatic rings. The quantitative estimate of drug-likeness (QED) is 0.654. The van der Waals surface area contributed by atoms with Crippen LogP contribution in [-0.4, -0.2) is 31.3 Å². The van der Waals surface area contributed by atoms with Crippen molar-refractivity contribution in [2.24, 2.45) is 0 Å². The maximum Gasteiger partial charge on any atom is 0.220 e. The predicted octanol–water partition coefficient (Wildman–Crippen LogP) is 4.68. The second-order valence-electron chi connectivity index (χ2n) is 7.15. The minimum Gasteiger partial charge on any atom is -0.493 e. The Balaban J connectivity index is 0.00000225. The number of fused-ring (bicyclic) bond motifs is 1. The topological polar surface area (TPSA) is 54.2 Å². The number of pyridine rings is 1. The fourth-order valence-electron chi connectivity index (χ4n) is 4.05. The molecule has 2 heterocycles. The van der Waals surface area contributed by atoms with Crippen molar-refractivity contribution in [3.05, 3.63) is 71.5 Å². The lowest BCUT2D eigenvalue weighted by Gasteiger charge is -2.34. The van der Waals surface area contributed by atoms with Gasteiger partial charge in [-0.3, -0.25) is 4.90 Å². The van der Waals surface area contributed by atoms with E-state index in [1.54, 1.807) is 10.9 Å². The number of aromatic nitrogens is 3. The molecule has 148 valence electrons. The van der Waals surface area contributed by atoms with Crippen LogP contribution in [-0.2, 0) is 13.0 Å². The zero-order valence-corrected chi connectivity index (χ0v) is 17.0. The number of aryl methyl sites for hydroxylation is 1. The molecule has 6 heteroatoms. The molecule has 0 bridgehead atoms. The summed E-state index contributed by atoms with van der Waals surface area (Å²) in [7, 11) is 0. The average Bonchev–Trinajstić information content (AvgIpc) is 3.06. The maximum atomic E-state index is 11.0. The van der Waals surface area contributed by atoms with Crippen molar-refractivity contribution in [3.8, 4) is 11.7 Å². The molecule has 1 aromatic carbocycles. The highest BCUT2D eigenvalue weighted by Gasteiger charge is 2.32. The van der Waals surface area contributed by atoms with Crippen LogP contribution in [0.1, 0.15) is 49.0 Å². The van der Waals surface area contributed by atoms with E-state index in [1.807, 2.05) is 18.2 Å². The highest BCUT2D eigenvalue weighted by Crippen LogP contribution is 2.40. The van der Waals surface area contributed by atoms with E-state index in [0.29, 0.717) is 5.82 Å². The summed E-state index contributed by atoms with van der Waals surface area (Å²) in [6, 6.07) is 16.4. The number of nitrogens with zero attached hydrogens (tertiary/aromatic N) is 4. The van der Waals surface area contributed by atoms with Gasteiger partial charge in [-0.2, -0.15) is 9.78 Å². The molecule has 0 radical (unpaired) electrons. The molecule has 0 spiro atoms. The van der Waals surface area contributed by atoms with Gasteiger partial charge in [-0.05, 0) is 49.9 Å². The van der Waals surface area contributed by atoms with Crippen LogP contribution < -0.4 is 0 Å². The summed E-state index contributed by atoms with van der Waals surface area (Å²) in [4.78, 5) is 6.84. The Morgan fingerprint density at radius 3 is 2.64 bits per heavy atom. The standard InChI is InChI=1S/C22H26N4O.ClH/c1-2-15-25(16-17-9-4-3-5-10-17)19-12-8-11-18-21(19)22(27)26(24-18)20-13-6-7-14-23-20;/h3-7,9-10,13-14,19,27H,2,8,11-12,15-16H2,1H3;1H. The number of aromatic hydroxyl groups is 1. The first-order valence-corrected chi connectivity index (χ1v) is 9.78. The summed E-state index contributed by atoms with van der Waals surface area (Å²) in [5.41, 5.74) is 3.29. The molecule has 0 amide bonds. The summed E-state index contributed by atoms with van der Waals surface area (Å²) in [5, 5.41) is 15.7. The lowest BCUT2D eigenvalue weighted by molar-refractivity contribution is 0.166. The van der Waals surface area contributed by atoms with E-state index in [1.165, 1.54) is 5.56 Å². The van der Waals surface area contributed by atoms with Gasteiger partial charge in [-0.15, -0.1) is 12.4 Å². The number of benzene rings is 1. The minimum atomic E-state index is 0. The van der Waals surface area contributed by atoms with Gasteiger partial charge in [0.15, 0.2) is 5.82 Å². The molecule has 2 aromatic heterocycles. The molecule has 28 heavy (non-hydrogen) atoms. The Morgan fingerprint density at radius 2 is 1.93 bits per heavy atom. The predicted molar refractivity (Wildman–Crippen MR) is 113 cm³/mol. The number of rotatable bonds is 6. The van der Waals surface area contributed by atoms with Crippen LogP contribution in [0.5, 0.6) is 5.88 Å². The van der Waals surface area contributed by atoms with Crippen LogP contribution in [0.2, 0.25) is 0 Å². The molecule has 0 saturated carbocycles. The number of hydrogen-bond acceptors (Lipinski definition) is 4. The largest absolute Gasteiger partial charge is 0.493 e. The molecule has 1 N–H and O–H groups in total. The summed E-state index contributed by atoms with van der Waals surface area (Å²) < 4.78 is 1.59. The molecule has 5 nitrogen and oxygen atoms in total. The third-order valence-electron chi connectivity index (χ3n) is 5.24. The van der Waals surface area contributed by atoms with Crippen molar-refractivity contribution >= 4 is 12.4 Å². The van der Waals surface area contributed by atoms with E-state index >= 15 is 0 Å². The number of halogens is 1. The zero-order valence-electron chi connectivity index (χ0n) is 16.2. The molecular weight excluding hydrogens is 372 g/mol. The fourth-order valence-corrected chi connectivity index (χ4v) is 4.05. The van der Waals surface area contributed by atoms with Gasteiger partial charge in [0, 0.05) is 18.8 Å². The van der Waals surface area contributed by atoms with E-state index in [4.69, 9.17) is 5.10 Å². The summed E-state index contributed by atoms with van der Waals surface area (Å²) in [6.07, 6.45) is 5.84. The fraction of sp³-hybridized carbons (Fsp3) is 0.364. The first-order chi connectivity index (χ1) is 13.3. The minimum absolute atomic E-state index is 0. The van der Waals surface area contributed by atoms with Crippen molar-refractivity contribution in [2.75, 3.05) is 6.54 Å². The smallest absolute Gasteiger partial charge is 0.220 e. The first-order valence-electron chi connectivity index (χ1n) is 9.78. The van der Waals surface area contributed by atoms with Crippen LogP contribution >= 0.6 is 12.4 Å². The van der Waals surface area contributed by atoms with Gasteiger partial charge in [-0.25, -0.2) is 4.98 Å². The molecule has 0 saturated heterocycles. The van der Waals surface area contributed by atoms with Crippen molar-refractivity contribution in [1.29, 1.82) is 0 Å². The van der Waals surface area contributed by atoms with Gasteiger partial charge < -0.3 is 5.11 Å². The molecule has 3 aromatic rings. The Hall–Kier alpha value is -2.37. The molecule has 1 atom stereocenters. The summed E-state index contributed by atoms with van der Waals surface area (Å²) in [5.74, 6) is 0.899. The van der Waals surface area contributed by atoms with Gasteiger partial charge in [0.1, 0.15) is 0 Å². The Labute approximate surface area is 172 Å². The number of hydrogen-bond donors (Lipinski definition) is 1. The van der Waals surface area contributed by atoms with Gasteiger partial charge in [0.05, 0.1) is 11.3 Å². The molecule has 0 aliphatic heterocycles. The third kappa shape index (κ3) is 4.05. The molecular formula is C22H27ClN4O. The normalized spacial score (nSPS) is 15.9. The highest BCUT2D eigenvalue weighted by atomic mass is 35.5. The second kappa shape index (κ2) is 9.22. The van der Waals surface area contributed by atoms with E-state index < -0.39 is 0 Å². The molecule has 0 fully saturated rings. The van der Waals surface area contributed by atoms with Crippen LogP contribution in [0.15, 0.2) is 54.7 Å². The lowest BCUT2D eigenvalue weighted by atomic mass is 9.91. The lowest BCUT2D eigenvalue weighted by Crippen LogP contribution is -2.31. The van der Waals surface area contributed by atoms with E-state index in [0.717, 1.165) is 50.0 Å². The molecule has 4 rings (SSSR count). The highest BCUT2D eigenvalue weighted by molar-refractivity contribution is 5.85. The third-order valence-corrected chi connectivity index (χ3v) is 5.24. The van der Waals surface area contributed by atoms with Gasteiger partial charge in [0.2, 0.25) is 5.88 Å². The molecule has 1 aliphatic carbocycles. The Kier molecular flexibility index (Phi) is 6.70. The van der Waals surface area contributed by atoms with Crippen LogP contribution in [0.4, 0.5) is 0 Å². The van der Waals surface area contributed by atoms with Crippen molar-refractivity contribution in [1.82, 2.24) is 19.7 Å². The summed E-state index contributed by atoms with van der Waals surface area (Å²) in [6.45, 7) is 4.08. The van der Waals surface area contributed by atoms with Gasteiger partial charge >= 0.3 is 0 Å². The van der Waals surface area contributed by atoms with Gasteiger partial charge in [-0.1, -0.05) is 43.3 Å². The van der Waals surface area contributed by atoms with Crippen LogP contribution in [0.25, 0.3) is 5.82 Å². The molecule has 1 unspecified atom stereocenters.